The molecule has 24 heavy (non-hydrogen) atoms. The Morgan fingerprint density at radius 2 is 2.00 bits per heavy atom. The number of amides is 2. The molecule has 1 aliphatic heterocycles. The number of carbonyl (C=O) groups is 3. The minimum atomic E-state index is -0.861. The van der Waals surface area contributed by atoms with Gasteiger partial charge in [0.15, 0.2) is 12.4 Å². The average molecular weight is 338 g/mol. The normalized spacial score (nSPS) is 15.9. The van der Waals surface area contributed by atoms with Crippen molar-refractivity contribution < 1.29 is 28.3 Å². The third-order valence-electron chi connectivity index (χ3n) is 3.65. The molecule has 1 aromatic rings. The van der Waals surface area contributed by atoms with Crippen LogP contribution in [0.4, 0.5) is 0 Å². The SMILES string of the molecule is CC(C)[C@H](NC(=O)c1ccco1)C(=O)OCC(=O)N1CCOCC1. The fourth-order valence-electron chi connectivity index (χ4n) is 2.24. The summed E-state index contributed by atoms with van der Waals surface area (Å²) < 4.78 is 15.2. The van der Waals surface area contributed by atoms with Crippen LogP contribution in [-0.2, 0) is 19.1 Å². The monoisotopic (exact) mass is 338 g/mol. The largest absolute Gasteiger partial charge is 0.459 e. The van der Waals surface area contributed by atoms with Crippen LogP contribution >= 0.6 is 0 Å². The average Bonchev–Trinajstić information content (AvgIpc) is 3.12. The lowest BCUT2D eigenvalue weighted by Gasteiger charge is -2.27. The minimum Gasteiger partial charge on any atom is -0.459 e. The summed E-state index contributed by atoms with van der Waals surface area (Å²) >= 11 is 0. The zero-order valence-corrected chi connectivity index (χ0v) is 13.8. The van der Waals surface area contributed by atoms with Crippen molar-refractivity contribution in [1.82, 2.24) is 10.2 Å². The van der Waals surface area contributed by atoms with E-state index < -0.39 is 17.9 Å². The highest BCUT2D eigenvalue weighted by molar-refractivity contribution is 5.94. The second-order valence-electron chi connectivity index (χ2n) is 5.77. The topological polar surface area (TPSA) is 98.1 Å². The lowest BCUT2D eigenvalue weighted by molar-refractivity contribution is -0.155. The van der Waals surface area contributed by atoms with Crippen LogP contribution in [0.25, 0.3) is 0 Å². The highest BCUT2D eigenvalue weighted by atomic mass is 16.5. The zero-order chi connectivity index (χ0) is 17.5. The maximum Gasteiger partial charge on any atom is 0.329 e. The molecule has 0 spiro atoms. The first kappa shape index (κ1) is 18.0. The molecule has 0 bridgehead atoms. The Balaban J connectivity index is 1.86. The van der Waals surface area contributed by atoms with Gasteiger partial charge in [-0.15, -0.1) is 0 Å². The predicted octanol–water partition coefficient (Wildman–Crippen LogP) is 0.436. The summed E-state index contributed by atoms with van der Waals surface area (Å²) in [5, 5.41) is 2.57. The van der Waals surface area contributed by atoms with Crippen LogP contribution in [0.5, 0.6) is 0 Å². The Bertz CT molecular complexity index is 563. The van der Waals surface area contributed by atoms with Gasteiger partial charge in [-0.2, -0.15) is 0 Å². The summed E-state index contributed by atoms with van der Waals surface area (Å²) in [5.41, 5.74) is 0. The van der Waals surface area contributed by atoms with Crippen molar-refractivity contribution >= 4 is 17.8 Å². The quantitative estimate of drug-likeness (QED) is 0.756. The van der Waals surface area contributed by atoms with Gasteiger partial charge in [-0.05, 0) is 18.1 Å². The van der Waals surface area contributed by atoms with E-state index >= 15 is 0 Å². The van der Waals surface area contributed by atoms with Gasteiger partial charge in [0, 0.05) is 13.1 Å². The summed E-state index contributed by atoms with van der Waals surface area (Å²) in [5.74, 6) is -1.51. The number of nitrogens with one attached hydrogen (secondary N) is 1. The highest BCUT2D eigenvalue weighted by Gasteiger charge is 2.28. The number of nitrogens with zero attached hydrogens (tertiary/aromatic N) is 1. The van der Waals surface area contributed by atoms with Crippen molar-refractivity contribution in [2.45, 2.75) is 19.9 Å². The number of hydrogen-bond acceptors (Lipinski definition) is 6. The van der Waals surface area contributed by atoms with E-state index in [1.807, 2.05) is 0 Å². The molecule has 0 aromatic carbocycles. The van der Waals surface area contributed by atoms with Gasteiger partial charge in [0.25, 0.3) is 11.8 Å². The van der Waals surface area contributed by atoms with Crippen LogP contribution in [0, 0.1) is 5.92 Å². The molecule has 132 valence electrons. The smallest absolute Gasteiger partial charge is 0.329 e. The number of carbonyl (C=O) groups excluding carboxylic acids is 3. The second-order valence-corrected chi connectivity index (χ2v) is 5.77. The van der Waals surface area contributed by atoms with E-state index in [0.29, 0.717) is 26.3 Å². The van der Waals surface area contributed by atoms with Gasteiger partial charge in [-0.25, -0.2) is 4.79 Å². The lowest BCUT2D eigenvalue weighted by Crippen LogP contribution is -2.47. The summed E-state index contributed by atoms with van der Waals surface area (Å²) in [6.07, 6.45) is 1.37. The third kappa shape index (κ3) is 4.82. The van der Waals surface area contributed by atoms with Gasteiger partial charge in [-0.1, -0.05) is 13.8 Å². The maximum absolute atomic E-state index is 12.2. The molecule has 1 N–H and O–H groups in total. The van der Waals surface area contributed by atoms with Crippen LogP contribution in [-0.4, -0.2) is 61.6 Å². The van der Waals surface area contributed by atoms with Gasteiger partial charge in [0.05, 0.1) is 19.5 Å². The molecule has 2 rings (SSSR count). The van der Waals surface area contributed by atoms with Crippen LogP contribution in [0.1, 0.15) is 24.4 Å². The van der Waals surface area contributed by atoms with Crippen molar-refractivity contribution in [2.24, 2.45) is 5.92 Å². The molecule has 1 fully saturated rings. The number of esters is 1. The van der Waals surface area contributed by atoms with Crippen molar-refractivity contribution in [3.63, 3.8) is 0 Å². The molecule has 2 amide bonds. The number of morpholine rings is 1. The molecule has 0 aliphatic carbocycles. The lowest BCUT2D eigenvalue weighted by atomic mass is 10.0. The minimum absolute atomic E-state index is 0.109. The number of ether oxygens (including phenoxy) is 2. The standard InChI is InChI=1S/C16H22N2O6/c1-11(2)14(17-15(20)12-4-3-7-23-12)16(21)24-10-13(19)18-5-8-22-9-6-18/h3-4,7,11,14H,5-6,8-10H2,1-2H3,(H,17,20)/t14-/m0/s1. The van der Waals surface area contributed by atoms with Gasteiger partial charge in [0.2, 0.25) is 0 Å². The Hall–Kier alpha value is -2.35. The van der Waals surface area contributed by atoms with E-state index in [9.17, 15) is 14.4 Å². The summed E-state index contributed by atoms with van der Waals surface area (Å²) in [7, 11) is 0. The van der Waals surface area contributed by atoms with Crippen molar-refractivity contribution in [3.05, 3.63) is 24.2 Å². The van der Waals surface area contributed by atoms with Crippen LogP contribution in [0.15, 0.2) is 22.8 Å². The fraction of sp³-hybridized carbons (Fsp3) is 0.562. The summed E-state index contributed by atoms with van der Waals surface area (Å²) in [4.78, 5) is 37.8. The van der Waals surface area contributed by atoms with Crippen molar-refractivity contribution in [3.8, 4) is 0 Å². The van der Waals surface area contributed by atoms with Crippen molar-refractivity contribution in [2.75, 3.05) is 32.9 Å². The third-order valence-corrected chi connectivity index (χ3v) is 3.65. The van der Waals surface area contributed by atoms with E-state index in [-0.39, 0.29) is 24.2 Å². The fourth-order valence-corrected chi connectivity index (χ4v) is 2.24. The number of hydrogen-bond donors (Lipinski definition) is 1. The molecule has 8 heteroatoms. The van der Waals surface area contributed by atoms with Crippen LogP contribution in [0.2, 0.25) is 0 Å². The Kier molecular flexibility index (Phi) is 6.36. The van der Waals surface area contributed by atoms with Gasteiger partial charge in [-0.3, -0.25) is 9.59 Å². The van der Waals surface area contributed by atoms with E-state index in [0.717, 1.165) is 0 Å². The van der Waals surface area contributed by atoms with E-state index in [2.05, 4.69) is 5.32 Å². The van der Waals surface area contributed by atoms with Gasteiger partial charge in [0.1, 0.15) is 6.04 Å². The molecule has 1 aliphatic rings. The van der Waals surface area contributed by atoms with E-state index in [1.165, 1.54) is 12.3 Å². The molecular weight excluding hydrogens is 316 g/mol. The van der Waals surface area contributed by atoms with Crippen LogP contribution in [0.3, 0.4) is 0 Å². The van der Waals surface area contributed by atoms with Crippen molar-refractivity contribution in [1.29, 1.82) is 0 Å². The first-order valence-electron chi connectivity index (χ1n) is 7.85. The summed E-state index contributed by atoms with van der Waals surface area (Å²) in [6.45, 7) is 5.13. The molecule has 2 heterocycles. The molecule has 8 nitrogen and oxygen atoms in total. The Morgan fingerprint density at radius 3 is 2.58 bits per heavy atom. The first-order valence-corrected chi connectivity index (χ1v) is 7.85. The molecule has 0 saturated carbocycles. The molecule has 1 atom stereocenters. The summed E-state index contributed by atoms with van der Waals surface area (Å²) in [6, 6.07) is 2.22. The van der Waals surface area contributed by atoms with Crippen LogP contribution < -0.4 is 5.32 Å². The molecule has 0 unspecified atom stereocenters. The van der Waals surface area contributed by atoms with E-state index in [1.54, 1.807) is 24.8 Å². The predicted molar refractivity (Wildman–Crippen MR) is 83.2 cm³/mol. The Morgan fingerprint density at radius 1 is 1.29 bits per heavy atom. The highest BCUT2D eigenvalue weighted by Crippen LogP contribution is 2.08. The molecular formula is C16H22N2O6. The number of rotatable bonds is 6. The Labute approximate surface area is 140 Å². The molecule has 1 saturated heterocycles. The zero-order valence-electron chi connectivity index (χ0n) is 13.8. The van der Waals surface area contributed by atoms with Gasteiger partial charge < -0.3 is 24.1 Å². The maximum atomic E-state index is 12.2. The first-order chi connectivity index (χ1) is 11.5. The molecule has 0 radical (unpaired) electrons. The van der Waals surface area contributed by atoms with Gasteiger partial charge >= 0.3 is 5.97 Å². The van der Waals surface area contributed by atoms with E-state index in [4.69, 9.17) is 13.9 Å². The molecule has 1 aromatic heterocycles. The number of furan rings is 1. The second kappa shape index (κ2) is 8.49.